The van der Waals surface area contributed by atoms with Gasteiger partial charge < -0.3 is 19.0 Å². The lowest BCUT2D eigenvalue weighted by molar-refractivity contribution is -0.146. The summed E-state index contributed by atoms with van der Waals surface area (Å²) in [6, 6.07) is 7.14. The van der Waals surface area contributed by atoms with E-state index in [-0.39, 0.29) is 17.4 Å². The van der Waals surface area contributed by atoms with Gasteiger partial charge in [-0.15, -0.1) is 0 Å². The number of piperidine rings is 1. The SMILES string of the molecule is O=C(Cc1ccncc1)N1CCC2(CC1)CN(C(=O)c1ccco1)CCO2. The van der Waals surface area contributed by atoms with Gasteiger partial charge in [0.2, 0.25) is 5.91 Å². The van der Waals surface area contributed by atoms with Crippen molar-refractivity contribution in [1.82, 2.24) is 14.8 Å². The van der Waals surface area contributed by atoms with Crippen LogP contribution in [0.25, 0.3) is 0 Å². The van der Waals surface area contributed by atoms with Gasteiger partial charge in [-0.25, -0.2) is 0 Å². The van der Waals surface area contributed by atoms with Gasteiger partial charge in [0.25, 0.3) is 5.91 Å². The quantitative estimate of drug-likeness (QED) is 0.824. The summed E-state index contributed by atoms with van der Waals surface area (Å²) in [5.74, 6) is 0.381. The molecule has 0 bridgehead atoms. The van der Waals surface area contributed by atoms with Crippen molar-refractivity contribution in [1.29, 1.82) is 0 Å². The Hall–Kier alpha value is -2.67. The summed E-state index contributed by atoms with van der Waals surface area (Å²) < 4.78 is 11.3. The molecule has 0 atom stereocenters. The van der Waals surface area contributed by atoms with Gasteiger partial charge in [0, 0.05) is 32.0 Å². The number of furan rings is 1. The van der Waals surface area contributed by atoms with Crippen LogP contribution in [0.2, 0.25) is 0 Å². The van der Waals surface area contributed by atoms with Crippen molar-refractivity contribution < 1.29 is 18.7 Å². The number of carbonyl (C=O) groups excluding carboxylic acids is 2. The maximum Gasteiger partial charge on any atom is 0.289 e. The molecule has 2 fully saturated rings. The predicted octanol–water partition coefficient (Wildman–Crippen LogP) is 1.75. The van der Waals surface area contributed by atoms with E-state index in [2.05, 4.69) is 4.98 Å². The van der Waals surface area contributed by atoms with Crippen molar-refractivity contribution in [2.24, 2.45) is 0 Å². The lowest BCUT2D eigenvalue weighted by Crippen LogP contribution is -2.58. The number of hydrogen-bond donors (Lipinski definition) is 0. The number of hydrogen-bond acceptors (Lipinski definition) is 5. The topological polar surface area (TPSA) is 75.9 Å². The fraction of sp³-hybridized carbons (Fsp3) is 0.450. The summed E-state index contributed by atoms with van der Waals surface area (Å²) in [7, 11) is 0. The first kappa shape index (κ1) is 17.7. The number of aromatic nitrogens is 1. The number of morpholine rings is 1. The van der Waals surface area contributed by atoms with E-state index in [1.54, 1.807) is 29.4 Å². The molecule has 7 nitrogen and oxygen atoms in total. The minimum absolute atomic E-state index is 0.0983. The van der Waals surface area contributed by atoms with Gasteiger partial charge >= 0.3 is 0 Å². The molecule has 2 saturated heterocycles. The third-order valence-corrected chi connectivity index (χ3v) is 5.40. The summed E-state index contributed by atoms with van der Waals surface area (Å²) in [5, 5.41) is 0. The zero-order valence-electron chi connectivity index (χ0n) is 15.2. The molecule has 2 aliphatic heterocycles. The maximum absolute atomic E-state index is 12.6. The molecule has 142 valence electrons. The summed E-state index contributed by atoms with van der Waals surface area (Å²) in [6.07, 6.45) is 6.77. The minimum Gasteiger partial charge on any atom is -0.459 e. The van der Waals surface area contributed by atoms with E-state index in [0.29, 0.717) is 45.0 Å². The Morgan fingerprint density at radius 2 is 1.85 bits per heavy atom. The van der Waals surface area contributed by atoms with Gasteiger partial charge in [0.1, 0.15) is 0 Å². The highest BCUT2D eigenvalue weighted by molar-refractivity contribution is 5.91. The zero-order chi connectivity index (χ0) is 18.7. The third-order valence-electron chi connectivity index (χ3n) is 5.40. The van der Waals surface area contributed by atoms with E-state index in [9.17, 15) is 9.59 Å². The van der Waals surface area contributed by atoms with Crippen molar-refractivity contribution in [2.45, 2.75) is 24.9 Å². The molecular formula is C20H23N3O4. The predicted molar refractivity (Wildman–Crippen MR) is 97.0 cm³/mol. The first-order valence-electron chi connectivity index (χ1n) is 9.29. The number of ether oxygens (including phenoxy) is 1. The van der Waals surface area contributed by atoms with E-state index >= 15 is 0 Å². The van der Waals surface area contributed by atoms with Gasteiger partial charge in [-0.05, 0) is 42.7 Å². The van der Waals surface area contributed by atoms with Crippen molar-refractivity contribution in [3.05, 3.63) is 54.2 Å². The summed E-state index contributed by atoms with van der Waals surface area (Å²) in [4.78, 5) is 32.8. The highest BCUT2D eigenvalue weighted by Crippen LogP contribution is 2.31. The van der Waals surface area contributed by atoms with Crippen LogP contribution in [0.1, 0.15) is 29.0 Å². The summed E-state index contributed by atoms with van der Waals surface area (Å²) in [6.45, 7) is 2.90. The fourth-order valence-corrected chi connectivity index (χ4v) is 3.83. The second-order valence-corrected chi connectivity index (χ2v) is 7.15. The molecule has 2 aromatic heterocycles. The maximum atomic E-state index is 12.6. The van der Waals surface area contributed by atoms with E-state index in [1.807, 2.05) is 17.0 Å². The molecule has 2 amide bonds. The molecule has 7 heteroatoms. The van der Waals surface area contributed by atoms with E-state index in [0.717, 1.165) is 18.4 Å². The van der Waals surface area contributed by atoms with Crippen LogP contribution < -0.4 is 0 Å². The molecule has 4 heterocycles. The van der Waals surface area contributed by atoms with Crippen LogP contribution in [-0.2, 0) is 16.0 Å². The van der Waals surface area contributed by atoms with Gasteiger partial charge in [-0.2, -0.15) is 0 Å². The lowest BCUT2D eigenvalue weighted by atomic mass is 9.89. The van der Waals surface area contributed by atoms with Crippen molar-refractivity contribution >= 4 is 11.8 Å². The van der Waals surface area contributed by atoms with Crippen LogP contribution in [0, 0.1) is 0 Å². The second-order valence-electron chi connectivity index (χ2n) is 7.15. The number of carbonyl (C=O) groups is 2. The van der Waals surface area contributed by atoms with Gasteiger partial charge in [-0.1, -0.05) is 0 Å². The van der Waals surface area contributed by atoms with E-state index in [1.165, 1.54) is 6.26 Å². The largest absolute Gasteiger partial charge is 0.459 e. The molecule has 27 heavy (non-hydrogen) atoms. The highest BCUT2D eigenvalue weighted by Gasteiger charge is 2.42. The Kier molecular flexibility index (Phi) is 4.94. The first-order chi connectivity index (χ1) is 13.2. The van der Waals surface area contributed by atoms with Gasteiger partial charge in [0.15, 0.2) is 5.76 Å². The molecule has 1 spiro atoms. The fourth-order valence-electron chi connectivity index (χ4n) is 3.83. The molecule has 0 aromatic carbocycles. The third kappa shape index (κ3) is 3.88. The Morgan fingerprint density at radius 3 is 2.56 bits per heavy atom. The molecule has 2 aliphatic rings. The number of pyridine rings is 1. The van der Waals surface area contributed by atoms with Crippen LogP contribution in [0.15, 0.2) is 47.3 Å². The van der Waals surface area contributed by atoms with Crippen molar-refractivity contribution in [2.75, 3.05) is 32.8 Å². The Labute approximate surface area is 157 Å². The van der Waals surface area contributed by atoms with Crippen LogP contribution >= 0.6 is 0 Å². The average Bonchev–Trinajstić information content (AvgIpc) is 3.23. The molecule has 0 unspecified atom stereocenters. The lowest BCUT2D eigenvalue weighted by Gasteiger charge is -2.47. The molecule has 0 radical (unpaired) electrons. The molecule has 0 aliphatic carbocycles. The highest BCUT2D eigenvalue weighted by atomic mass is 16.5. The molecular weight excluding hydrogens is 346 g/mol. The van der Waals surface area contributed by atoms with Crippen molar-refractivity contribution in [3.63, 3.8) is 0 Å². The zero-order valence-corrected chi connectivity index (χ0v) is 15.2. The van der Waals surface area contributed by atoms with Gasteiger partial charge in [0.05, 0.1) is 31.4 Å². The number of nitrogens with zero attached hydrogens (tertiary/aromatic N) is 3. The smallest absolute Gasteiger partial charge is 0.289 e. The van der Waals surface area contributed by atoms with Crippen LogP contribution in [0.4, 0.5) is 0 Å². The number of likely N-dealkylation sites (tertiary alicyclic amines) is 1. The van der Waals surface area contributed by atoms with Crippen LogP contribution in [0.3, 0.4) is 0 Å². The summed E-state index contributed by atoms with van der Waals surface area (Å²) >= 11 is 0. The minimum atomic E-state index is -0.367. The standard InChI is InChI=1S/C20H23N3O4/c24-18(14-16-3-7-21-8-4-16)22-9-5-20(6-10-22)15-23(11-13-27-20)19(25)17-2-1-12-26-17/h1-4,7-8,12H,5-6,9-11,13-15H2. The number of rotatable bonds is 3. The Balaban J connectivity index is 1.35. The Bertz CT molecular complexity index is 783. The first-order valence-corrected chi connectivity index (χ1v) is 9.29. The van der Waals surface area contributed by atoms with Crippen LogP contribution in [-0.4, -0.2) is 65.0 Å². The second kappa shape index (κ2) is 7.52. The summed E-state index contributed by atoms with van der Waals surface area (Å²) in [5.41, 5.74) is 0.605. The number of amides is 2. The Morgan fingerprint density at radius 1 is 1.07 bits per heavy atom. The van der Waals surface area contributed by atoms with Crippen molar-refractivity contribution in [3.8, 4) is 0 Å². The van der Waals surface area contributed by atoms with E-state index < -0.39 is 0 Å². The molecule has 4 rings (SSSR count). The van der Waals surface area contributed by atoms with Crippen LogP contribution in [0.5, 0.6) is 0 Å². The molecule has 0 saturated carbocycles. The monoisotopic (exact) mass is 369 g/mol. The normalized spacial score (nSPS) is 19.3. The molecule has 2 aromatic rings. The van der Waals surface area contributed by atoms with E-state index in [4.69, 9.17) is 9.15 Å². The molecule has 0 N–H and O–H groups in total. The van der Waals surface area contributed by atoms with Gasteiger partial charge in [-0.3, -0.25) is 14.6 Å². The average molecular weight is 369 g/mol.